The Morgan fingerprint density at radius 3 is 1.38 bits per heavy atom. The van der Waals surface area contributed by atoms with Crippen LogP contribution in [0.25, 0.3) is 9.69 Å². The molecule has 3 aromatic heterocycles. The van der Waals surface area contributed by atoms with Crippen LogP contribution in [0.2, 0.25) is 0 Å². The molecule has 4 aromatic carbocycles. The van der Waals surface area contributed by atoms with Crippen molar-refractivity contribution in [3.8, 4) is 23.0 Å². The highest BCUT2D eigenvalue weighted by Gasteiger charge is 2.58. The van der Waals surface area contributed by atoms with E-state index in [0.717, 1.165) is 59.8 Å². The van der Waals surface area contributed by atoms with Crippen molar-refractivity contribution in [1.29, 1.82) is 0 Å². The Balaban J connectivity index is 0.000000214. The molecule has 21 heteroatoms. The van der Waals surface area contributed by atoms with E-state index in [-0.39, 0.29) is 11.5 Å². The minimum atomic E-state index is -4.17. The summed E-state index contributed by atoms with van der Waals surface area (Å²) in [6.45, 7) is 11.8. The molecular formula is C43H29F8N9O4. The van der Waals surface area contributed by atoms with Gasteiger partial charge in [-0.2, -0.15) is 17.6 Å². The summed E-state index contributed by atoms with van der Waals surface area (Å²) in [6, 6.07) is 20.1. The van der Waals surface area contributed by atoms with E-state index in [0.29, 0.717) is 35.0 Å². The first-order valence-electron chi connectivity index (χ1n) is 18.2. The van der Waals surface area contributed by atoms with Crippen LogP contribution in [0.5, 0.6) is 23.0 Å². The molecule has 0 saturated carbocycles. The lowest BCUT2D eigenvalue weighted by Gasteiger charge is -2.35. The van der Waals surface area contributed by atoms with Gasteiger partial charge in [0.05, 0.1) is 32.1 Å². The van der Waals surface area contributed by atoms with E-state index in [4.69, 9.17) is 28.4 Å². The number of hydrogen-bond acceptors (Lipinski definition) is 10. The van der Waals surface area contributed by atoms with Crippen molar-refractivity contribution < 1.29 is 54.8 Å². The van der Waals surface area contributed by atoms with Gasteiger partial charge in [-0.05, 0) is 77.2 Å². The molecule has 2 atom stereocenters. The number of pyridine rings is 2. The maximum atomic E-state index is 15.7. The minimum absolute atomic E-state index is 0.104. The summed E-state index contributed by atoms with van der Waals surface area (Å²) in [5.41, 5.74) is -3.71. The molecule has 0 fully saturated rings. The third kappa shape index (κ3) is 9.46. The molecule has 0 saturated heterocycles. The van der Waals surface area contributed by atoms with Crippen molar-refractivity contribution in [1.82, 2.24) is 30.2 Å². The number of benzene rings is 4. The molecule has 2 unspecified atom stereocenters. The lowest BCUT2D eigenvalue weighted by Crippen LogP contribution is -2.50. The summed E-state index contributed by atoms with van der Waals surface area (Å²) in [6.07, 6.45) is 2.97. The van der Waals surface area contributed by atoms with Crippen LogP contribution >= 0.6 is 0 Å². The highest BCUT2D eigenvalue weighted by Crippen LogP contribution is 2.48. The van der Waals surface area contributed by atoms with Gasteiger partial charge in [0.2, 0.25) is 0 Å². The zero-order chi connectivity index (χ0) is 46.3. The van der Waals surface area contributed by atoms with Crippen molar-refractivity contribution >= 4 is 11.4 Å². The molecule has 7 aromatic rings. The largest absolute Gasteiger partial charge is 0.456 e. The van der Waals surface area contributed by atoms with Crippen molar-refractivity contribution in [2.24, 2.45) is 5.73 Å². The van der Waals surface area contributed by atoms with Gasteiger partial charge in [-0.15, -0.1) is 5.10 Å². The van der Waals surface area contributed by atoms with E-state index < -0.39 is 81.9 Å². The zero-order valence-corrected chi connectivity index (χ0v) is 32.4. The molecular weight excluding hydrogens is 859 g/mol. The molecule has 0 radical (unpaired) electrons. The molecule has 4 N–H and O–H groups in total. The zero-order valence-electron chi connectivity index (χ0n) is 32.4. The quantitative estimate of drug-likeness (QED) is 0.0753. The molecule has 0 aliphatic rings. The van der Waals surface area contributed by atoms with Crippen LogP contribution in [0, 0.1) is 36.4 Å². The number of ether oxygens (including phenoxy) is 2. The second-order valence-corrected chi connectivity index (χ2v) is 13.5. The van der Waals surface area contributed by atoms with Gasteiger partial charge in [0.1, 0.15) is 64.0 Å². The number of halogens is 8. The topological polar surface area (TPSA) is 163 Å². The fourth-order valence-corrected chi connectivity index (χ4v) is 6.02. The fraction of sp³-hybridized carbons (Fsp3) is 0.140. The molecule has 64 heavy (non-hydrogen) atoms. The van der Waals surface area contributed by atoms with Gasteiger partial charge in [0.25, 0.3) is 0 Å². The number of rotatable bonds is 13. The Kier molecular flexibility index (Phi) is 13.3. The first-order valence-corrected chi connectivity index (χ1v) is 18.2. The van der Waals surface area contributed by atoms with Crippen LogP contribution in [0.3, 0.4) is 0 Å². The van der Waals surface area contributed by atoms with Crippen LogP contribution in [0.1, 0.15) is 22.5 Å². The molecule has 7 rings (SSSR count). The summed E-state index contributed by atoms with van der Waals surface area (Å²) in [7, 11) is 0. The smallest absolute Gasteiger partial charge is 0.323 e. The van der Waals surface area contributed by atoms with E-state index in [1.807, 2.05) is 0 Å². The van der Waals surface area contributed by atoms with Gasteiger partial charge < -0.3 is 25.4 Å². The van der Waals surface area contributed by atoms with Crippen molar-refractivity contribution in [2.75, 3.05) is 6.54 Å². The van der Waals surface area contributed by atoms with Crippen LogP contribution in [-0.4, -0.2) is 46.9 Å². The van der Waals surface area contributed by atoms with E-state index in [9.17, 15) is 27.8 Å². The molecule has 13 nitrogen and oxygen atoms in total. The number of nitrogens with zero attached hydrogens (tertiary/aromatic N) is 8. The molecule has 0 aliphatic heterocycles. The van der Waals surface area contributed by atoms with E-state index in [1.165, 1.54) is 60.7 Å². The maximum absolute atomic E-state index is 15.7. The third-order valence-corrected chi connectivity index (χ3v) is 9.39. The standard InChI is InChI=1S/C22H14F4N6O2.C21H15F4N3O2/c1-27-15-3-5-16(6-4-15)34-17-7-9-20(28-11-17)22(25,26)21(33,12-32-13-29-30-31-32)18-8-2-14(23)10-19(18)24;1-27-14-3-5-15(6-4-14)30-16-7-9-19(28-11-16)21(24,25)20(29,12-26)17-8-2-13(22)10-18(17)23/h2-11,13,33H,12H2;2-11,29H,12,26H2. The van der Waals surface area contributed by atoms with Gasteiger partial charge >= 0.3 is 11.8 Å². The molecule has 0 amide bonds. The van der Waals surface area contributed by atoms with Gasteiger partial charge in [-0.25, -0.2) is 31.9 Å². The number of hydrogen-bond donors (Lipinski definition) is 3. The number of tetrazole rings is 1. The van der Waals surface area contributed by atoms with Gasteiger partial charge in [-0.3, -0.25) is 9.97 Å². The Bertz CT molecular complexity index is 2790. The molecule has 3 heterocycles. The van der Waals surface area contributed by atoms with Gasteiger partial charge in [-0.1, -0.05) is 30.3 Å². The molecule has 0 aliphatic carbocycles. The normalized spacial score (nSPS) is 13.3. The van der Waals surface area contributed by atoms with Crippen LogP contribution < -0.4 is 15.2 Å². The highest BCUT2D eigenvalue weighted by atomic mass is 19.3. The highest BCUT2D eigenvalue weighted by molar-refractivity contribution is 5.49. The molecule has 326 valence electrons. The fourth-order valence-electron chi connectivity index (χ4n) is 6.02. The average Bonchev–Trinajstić information content (AvgIpc) is 3.80. The Morgan fingerprint density at radius 1 is 0.594 bits per heavy atom. The van der Waals surface area contributed by atoms with E-state index >= 15 is 17.6 Å². The maximum Gasteiger partial charge on any atom is 0.323 e. The number of nitrogens with two attached hydrogens (primary N) is 1. The van der Waals surface area contributed by atoms with Gasteiger partial charge in [0.15, 0.2) is 22.6 Å². The summed E-state index contributed by atoms with van der Waals surface area (Å²) in [4.78, 5) is 13.8. The Morgan fingerprint density at radius 2 is 1.02 bits per heavy atom. The van der Waals surface area contributed by atoms with Crippen LogP contribution in [0.4, 0.5) is 46.5 Å². The lowest BCUT2D eigenvalue weighted by atomic mass is 9.84. The SMILES string of the molecule is [C-]#[N+]c1ccc(Oc2ccc(C(F)(F)C(O)(CN)c3ccc(F)cc3F)nc2)cc1.[C-]#[N+]c1ccc(Oc2ccc(C(F)(F)C(O)(Cn3cnnn3)c3ccc(F)cc3F)nc2)cc1. The van der Waals surface area contributed by atoms with Crippen LogP contribution in [0.15, 0.2) is 128 Å². The summed E-state index contributed by atoms with van der Waals surface area (Å²) < 4.78 is 129. The second-order valence-electron chi connectivity index (χ2n) is 13.5. The minimum Gasteiger partial charge on any atom is -0.456 e. The predicted octanol–water partition coefficient (Wildman–Crippen LogP) is 9.01. The summed E-state index contributed by atoms with van der Waals surface area (Å²) >= 11 is 0. The third-order valence-electron chi connectivity index (χ3n) is 9.39. The second kappa shape index (κ2) is 18.6. The lowest BCUT2D eigenvalue weighted by molar-refractivity contribution is -0.207. The van der Waals surface area contributed by atoms with E-state index in [1.54, 1.807) is 0 Å². The predicted molar refractivity (Wildman–Crippen MR) is 209 cm³/mol. The number of aromatic nitrogens is 6. The van der Waals surface area contributed by atoms with E-state index in [2.05, 4.69) is 35.2 Å². The first-order chi connectivity index (χ1) is 30.4. The summed E-state index contributed by atoms with van der Waals surface area (Å²) in [5, 5.41) is 31.8. The molecule has 0 spiro atoms. The Labute approximate surface area is 357 Å². The average molecular weight is 888 g/mol. The summed E-state index contributed by atoms with van der Waals surface area (Å²) in [5.74, 6) is -12.1. The first kappa shape index (κ1) is 45.7. The number of aliphatic hydroxyl groups is 2. The molecule has 0 bridgehead atoms. The Hall–Kier alpha value is -7.85. The monoisotopic (exact) mass is 887 g/mol. The van der Waals surface area contributed by atoms with Crippen molar-refractivity contribution in [2.45, 2.75) is 29.6 Å². The van der Waals surface area contributed by atoms with Crippen LogP contribution in [-0.2, 0) is 29.6 Å². The van der Waals surface area contributed by atoms with Gasteiger partial charge in [0, 0.05) is 29.8 Å². The number of alkyl halides is 4. The van der Waals surface area contributed by atoms with Crippen molar-refractivity contribution in [3.63, 3.8) is 0 Å². The van der Waals surface area contributed by atoms with Crippen molar-refractivity contribution in [3.05, 3.63) is 197 Å².